The van der Waals surface area contributed by atoms with E-state index in [2.05, 4.69) is 58.5 Å². The first kappa shape index (κ1) is 18.8. The summed E-state index contributed by atoms with van der Waals surface area (Å²) in [5.41, 5.74) is 5.36. The van der Waals surface area contributed by atoms with Crippen molar-refractivity contribution >= 4 is 6.08 Å². The van der Waals surface area contributed by atoms with Gasteiger partial charge in [-0.3, -0.25) is 0 Å². The van der Waals surface area contributed by atoms with E-state index in [-0.39, 0.29) is 12.1 Å². The quantitative estimate of drug-likeness (QED) is 0.577. The molecule has 1 heterocycles. The summed E-state index contributed by atoms with van der Waals surface area (Å²) >= 11 is 0. The number of unbranched alkanes of at least 4 members (excludes halogenated alkanes) is 1. The summed E-state index contributed by atoms with van der Waals surface area (Å²) in [6, 6.07) is 16.5. The molecule has 4 nitrogen and oxygen atoms in total. The van der Waals surface area contributed by atoms with Gasteiger partial charge in [-0.05, 0) is 48.4 Å². The van der Waals surface area contributed by atoms with Crippen LogP contribution in [0.1, 0.15) is 31.7 Å². The lowest BCUT2D eigenvalue weighted by Crippen LogP contribution is -1.97. The zero-order chi connectivity index (χ0) is 19.1. The van der Waals surface area contributed by atoms with Crippen molar-refractivity contribution in [3.63, 3.8) is 0 Å². The number of hydrogen-bond donors (Lipinski definition) is 2. The van der Waals surface area contributed by atoms with Gasteiger partial charge in [0.1, 0.15) is 0 Å². The van der Waals surface area contributed by atoms with Crippen LogP contribution in [-0.4, -0.2) is 26.3 Å². The Balaban J connectivity index is 1.63. The van der Waals surface area contributed by atoms with Crippen molar-refractivity contribution in [2.75, 3.05) is 0 Å². The molecule has 0 aliphatic rings. The first-order valence-electron chi connectivity index (χ1n) is 9.18. The molecule has 0 fully saturated rings. The Bertz CT molecular complexity index is 868. The largest absolute Gasteiger partial charge is 0.479 e. The van der Waals surface area contributed by atoms with Gasteiger partial charge in [0, 0.05) is 18.0 Å². The molecule has 0 bridgehead atoms. The van der Waals surface area contributed by atoms with E-state index in [0.29, 0.717) is 0 Å². The number of aliphatic hydroxyl groups excluding tert-OH is 1. The van der Waals surface area contributed by atoms with Gasteiger partial charge < -0.3 is 10.2 Å². The minimum atomic E-state index is -0.217. The van der Waals surface area contributed by atoms with Crippen LogP contribution in [0.4, 0.5) is 0 Å². The van der Waals surface area contributed by atoms with E-state index >= 15 is 0 Å². The Kier molecular flexibility index (Phi) is 6.34. The molecule has 2 aromatic carbocycles. The lowest BCUT2D eigenvalue weighted by Gasteiger charge is -2.05. The van der Waals surface area contributed by atoms with Gasteiger partial charge in [-0.25, -0.2) is 9.97 Å². The maximum Gasteiger partial charge on any atom is 0.313 e. The zero-order valence-corrected chi connectivity index (χ0v) is 15.4. The van der Waals surface area contributed by atoms with Crippen LogP contribution in [-0.2, 0) is 0 Å². The molecule has 0 aliphatic carbocycles. The van der Waals surface area contributed by atoms with Crippen molar-refractivity contribution in [2.24, 2.45) is 0 Å². The molecular weight excluding hydrogens is 336 g/mol. The van der Waals surface area contributed by atoms with Crippen LogP contribution >= 0.6 is 0 Å². The Morgan fingerprint density at radius 3 is 1.93 bits per heavy atom. The highest BCUT2D eigenvalue weighted by molar-refractivity contribution is 5.70. The fraction of sp³-hybridized carbons (Fsp3) is 0.217. The number of aromatic nitrogens is 2. The standard InChI is InChI=1S/C23H24N2O2/c1-17(26)5-3-2-4-6-18-7-9-19(10-8-18)20-11-13-21(14-12-20)22-15-24-23(27)25-16-22/h4,6-17,26H,2-3,5H2,1H3,(H,24,25,27)/b6-4+. The van der Waals surface area contributed by atoms with E-state index in [9.17, 15) is 10.2 Å². The highest BCUT2D eigenvalue weighted by atomic mass is 16.3. The van der Waals surface area contributed by atoms with E-state index in [0.717, 1.165) is 41.5 Å². The van der Waals surface area contributed by atoms with Crippen LogP contribution < -0.4 is 0 Å². The monoisotopic (exact) mass is 360 g/mol. The number of nitrogens with zero attached hydrogens (tertiary/aromatic N) is 2. The fourth-order valence-electron chi connectivity index (χ4n) is 2.86. The summed E-state index contributed by atoms with van der Waals surface area (Å²) in [7, 11) is 0. The van der Waals surface area contributed by atoms with Crippen LogP contribution in [0.25, 0.3) is 28.3 Å². The van der Waals surface area contributed by atoms with E-state index in [1.54, 1.807) is 12.4 Å². The normalized spacial score (nSPS) is 12.4. The van der Waals surface area contributed by atoms with Crippen molar-refractivity contribution in [3.8, 4) is 28.3 Å². The number of benzene rings is 2. The predicted octanol–water partition coefficient (Wildman–Crippen LogP) is 5.08. The summed E-state index contributed by atoms with van der Waals surface area (Å²) < 4.78 is 0. The van der Waals surface area contributed by atoms with Gasteiger partial charge in [-0.2, -0.15) is 0 Å². The Hall–Kier alpha value is -2.98. The lowest BCUT2D eigenvalue weighted by atomic mass is 10.0. The lowest BCUT2D eigenvalue weighted by molar-refractivity contribution is 0.182. The van der Waals surface area contributed by atoms with Gasteiger partial charge >= 0.3 is 6.01 Å². The van der Waals surface area contributed by atoms with Gasteiger partial charge in [0.2, 0.25) is 0 Å². The SMILES string of the molecule is CC(O)CCC/C=C/c1ccc(-c2ccc(-c3cnc(O)nc3)cc2)cc1. The third-order valence-electron chi connectivity index (χ3n) is 4.40. The van der Waals surface area contributed by atoms with Gasteiger partial charge in [-0.1, -0.05) is 60.7 Å². The van der Waals surface area contributed by atoms with Gasteiger partial charge in [0.15, 0.2) is 0 Å². The maximum atomic E-state index is 9.26. The van der Waals surface area contributed by atoms with Crippen LogP contribution in [0.5, 0.6) is 6.01 Å². The second kappa shape index (κ2) is 9.10. The number of aromatic hydroxyl groups is 1. The molecule has 1 unspecified atom stereocenters. The molecule has 0 aliphatic heterocycles. The molecule has 0 radical (unpaired) electrons. The van der Waals surface area contributed by atoms with Crippen molar-refractivity contribution in [1.82, 2.24) is 9.97 Å². The van der Waals surface area contributed by atoms with Crippen LogP contribution in [0.2, 0.25) is 0 Å². The molecule has 27 heavy (non-hydrogen) atoms. The highest BCUT2D eigenvalue weighted by Crippen LogP contribution is 2.25. The Labute approximate surface area is 159 Å². The van der Waals surface area contributed by atoms with Crippen molar-refractivity contribution < 1.29 is 10.2 Å². The first-order chi connectivity index (χ1) is 13.1. The highest BCUT2D eigenvalue weighted by Gasteiger charge is 2.02. The van der Waals surface area contributed by atoms with Crippen molar-refractivity contribution in [1.29, 1.82) is 0 Å². The minimum absolute atomic E-state index is 0.215. The molecule has 1 aromatic heterocycles. The van der Waals surface area contributed by atoms with E-state index in [1.807, 2.05) is 19.1 Å². The number of aliphatic hydroxyl groups is 1. The molecule has 3 aromatic rings. The number of hydrogen-bond acceptors (Lipinski definition) is 4. The van der Waals surface area contributed by atoms with E-state index in [4.69, 9.17) is 0 Å². The molecule has 0 amide bonds. The van der Waals surface area contributed by atoms with Crippen molar-refractivity contribution in [2.45, 2.75) is 32.3 Å². The first-order valence-corrected chi connectivity index (χ1v) is 9.18. The second-order valence-electron chi connectivity index (χ2n) is 6.65. The maximum absolute atomic E-state index is 9.26. The van der Waals surface area contributed by atoms with Gasteiger partial charge in [0.25, 0.3) is 0 Å². The number of rotatable bonds is 7. The van der Waals surface area contributed by atoms with Crippen molar-refractivity contribution in [3.05, 3.63) is 72.6 Å². The fourth-order valence-corrected chi connectivity index (χ4v) is 2.86. The third-order valence-corrected chi connectivity index (χ3v) is 4.40. The topological polar surface area (TPSA) is 66.2 Å². The average Bonchev–Trinajstić information content (AvgIpc) is 2.69. The van der Waals surface area contributed by atoms with Crippen LogP contribution in [0, 0.1) is 0 Å². The second-order valence-corrected chi connectivity index (χ2v) is 6.65. The van der Waals surface area contributed by atoms with E-state index < -0.39 is 0 Å². The average molecular weight is 360 g/mol. The van der Waals surface area contributed by atoms with Gasteiger partial charge in [-0.15, -0.1) is 0 Å². The summed E-state index contributed by atoms with van der Waals surface area (Å²) in [5, 5.41) is 18.4. The molecule has 0 spiro atoms. The van der Waals surface area contributed by atoms with Gasteiger partial charge in [0.05, 0.1) is 6.10 Å². The van der Waals surface area contributed by atoms with Crippen LogP contribution in [0.3, 0.4) is 0 Å². The number of allylic oxidation sites excluding steroid dienone is 1. The summed E-state index contributed by atoms with van der Waals surface area (Å²) in [5.74, 6) is 0. The predicted molar refractivity (Wildman–Crippen MR) is 109 cm³/mol. The molecule has 0 saturated carbocycles. The zero-order valence-electron chi connectivity index (χ0n) is 15.4. The van der Waals surface area contributed by atoms with E-state index in [1.165, 1.54) is 5.56 Å². The smallest absolute Gasteiger partial charge is 0.313 e. The molecule has 1 atom stereocenters. The molecule has 2 N–H and O–H groups in total. The third kappa shape index (κ3) is 5.50. The molecular formula is C23H24N2O2. The Morgan fingerprint density at radius 1 is 0.852 bits per heavy atom. The molecule has 138 valence electrons. The summed E-state index contributed by atoms with van der Waals surface area (Å²) in [6.45, 7) is 1.83. The molecule has 4 heteroatoms. The minimum Gasteiger partial charge on any atom is -0.479 e. The summed E-state index contributed by atoms with van der Waals surface area (Å²) in [4.78, 5) is 7.63. The molecule has 3 rings (SSSR count). The summed E-state index contributed by atoms with van der Waals surface area (Å²) in [6.07, 6.45) is 10.1. The van der Waals surface area contributed by atoms with Crippen LogP contribution in [0.15, 0.2) is 67.0 Å². The Morgan fingerprint density at radius 2 is 1.37 bits per heavy atom. The molecule has 0 saturated heterocycles.